The van der Waals surface area contributed by atoms with Gasteiger partial charge in [-0.3, -0.25) is 0 Å². The van der Waals surface area contributed by atoms with E-state index < -0.39 is 0 Å². The van der Waals surface area contributed by atoms with E-state index in [0.717, 1.165) is 12.2 Å². The Morgan fingerprint density at radius 3 is 2.73 bits per heavy atom. The molecule has 0 aromatic carbocycles. The summed E-state index contributed by atoms with van der Waals surface area (Å²) in [7, 11) is 1.97. The number of aromatic nitrogens is 2. The first-order chi connectivity index (χ1) is 7.22. The Bertz CT molecular complexity index is 291. The summed E-state index contributed by atoms with van der Waals surface area (Å²) >= 11 is 1.81. The van der Waals surface area contributed by atoms with Crippen LogP contribution in [0.2, 0.25) is 0 Å². The van der Waals surface area contributed by atoms with Crippen LogP contribution in [0.3, 0.4) is 0 Å². The Morgan fingerprint density at radius 1 is 1.53 bits per heavy atom. The molecule has 0 aliphatic carbocycles. The van der Waals surface area contributed by atoms with Crippen LogP contribution >= 0.6 is 11.8 Å². The molecule has 0 spiro atoms. The first-order valence-corrected chi connectivity index (χ1v) is 6.36. The third-order valence-electron chi connectivity index (χ3n) is 2.31. The topological polar surface area (TPSA) is 68.2 Å². The van der Waals surface area contributed by atoms with E-state index in [1.807, 2.05) is 23.7 Å². The van der Waals surface area contributed by atoms with Crippen LogP contribution < -0.4 is 10.6 Å². The molecular weight excluding hydrogens is 212 g/mol. The molecule has 0 saturated heterocycles. The quantitative estimate of drug-likeness (QED) is 0.789. The summed E-state index contributed by atoms with van der Waals surface area (Å²) < 4.78 is 5.39. The summed E-state index contributed by atoms with van der Waals surface area (Å²) in [6.07, 6.45) is 3.15. The first kappa shape index (κ1) is 12.3. The molecule has 86 valence electrons. The zero-order chi connectivity index (χ0) is 11.3. The zero-order valence-corrected chi connectivity index (χ0v) is 10.3. The van der Waals surface area contributed by atoms with Crippen LogP contribution in [0.25, 0.3) is 0 Å². The molecule has 0 aliphatic rings. The molecule has 5 nitrogen and oxygen atoms in total. The summed E-state index contributed by atoms with van der Waals surface area (Å²) in [5.74, 6) is 1.53. The van der Waals surface area contributed by atoms with E-state index in [9.17, 15) is 0 Å². The highest BCUT2D eigenvalue weighted by Gasteiger charge is 2.17. The summed E-state index contributed by atoms with van der Waals surface area (Å²) in [6, 6.07) is 0.974. The van der Waals surface area contributed by atoms with Gasteiger partial charge in [-0.25, -0.2) is 0 Å². The number of anilines is 1. The van der Waals surface area contributed by atoms with Crippen LogP contribution in [0.15, 0.2) is 4.42 Å². The molecule has 1 aromatic heterocycles. The van der Waals surface area contributed by atoms with Gasteiger partial charge in [-0.2, -0.15) is 11.8 Å². The van der Waals surface area contributed by atoms with Crippen LogP contribution in [-0.2, 0) is 6.54 Å². The summed E-state index contributed by atoms with van der Waals surface area (Å²) in [5.41, 5.74) is 5.41. The molecule has 1 heterocycles. The highest BCUT2D eigenvalue weighted by atomic mass is 32.2. The van der Waals surface area contributed by atoms with Crippen molar-refractivity contribution in [1.29, 1.82) is 0 Å². The minimum absolute atomic E-state index is 0.292. The van der Waals surface area contributed by atoms with Crippen molar-refractivity contribution < 1.29 is 4.42 Å². The number of hydrogen-bond acceptors (Lipinski definition) is 6. The molecule has 0 bridgehead atoms. The lowest BCUT2D eigenvalue weighted by Gasteiger charge is -2.24. The van der Waals surface area contributed by atoms with Gasteiger partial charge in [0.25, 0.3) is 0 Å². The van der Waals surface area contributed by atoms with Gasteiger partial charge in [-0.05, 0) is 12.7 Å². The Hall–Kier alpha value is -0.750. The van der Waals surface area contributed by atoms with Crippen molar-refractivity contribution in [2.24, 2.45) is 5.73 Å². The second-order valence-electron chi connectivity index (χ2n) is 3.31. The second kappa shape index (κ2) is 5.97. The van der Waals surface area contributed by atoms with Gasteiger partial charge in [0.2, 0.25) is 5.89 Å². The van der Waals surface area contributed by atoms with Gasteiger partial charge < -0.3 is 15.1 Å². The molecule has 0 saturated carbocycles. The maximum absolute atomic E-state index is 5.41. The molecule has 0 amide bonds. The molecule has 0 radical (unpaired) electrons. The van der Waals surface area contributed by atoms with Crippen molar-refractivity contribution in [2.75, 3.05) is 24.0 Å². The molecule has 1 aromatic rings. The van der Waals surface area contributed by atoms with E-state index >= 15 is 0 Å². The van der Waals surface area contributed by atoms with Crippen molar-refractivity contribution in [3.05, 3.63) is 5.89 Å². The van der Waals surface area contributed by atoms with E-state index in [1.165, 1.54) is 0 Å². The number of thioether (sulfide) groups is 1. The largest absolute Gasteiger partial charge is 0.407 e. The lowest BCUT2D eigenvalue weighted by atomic mass is 10.2. The van der Waals surface area contributed by atoms with Crippen molar-refractivity contribution in [3.8, 4) is 0 Å². The highest BCUT2D eigenvalue weighted by molar-refractivity contribution is 7.98. The van der Waals surface area contributed by atoms with Crippen molar-refractivity contribution in [2.45, 2.75) is 25.9 Å². The minimum atomic E-state index is 0.292. The molecular formula is C9H18N4OS. The van der Waals surface area contributed by atoms with Gasteiger partial charge in [0.1, 0.15) is 0 Å². The molecule has 0 aliphatic heterocycles. The Morgan fingerprint density at radius 2 is 2.27 bits per heavy atom. The van der Waals surface area contributed by atoms with Crippen molar-refractivity contribution >= 4 is 17.8 Å². The van der Waals surface area contributed by atoms with Crippen LogP contribution in [0.1, 0.15) is 19.2 Å². The van der Waals surface area contributed by atoms with Gasteiger partial charge in [-0.15, -0.1) is 5.10 Å². The molecule has 1 unspecified atom stereocenters. The van der Waals surface area contributed by atoms with E-state index in [4.69, 9.17) is 10.2 Å². The molecule has 6 heteroatoms. The minimum Gasteiger partial charge on any atom is -0.407 e. The first-order valence-electron chi connectivity index (χ1n) is 4.97. The molecule has 15 heavy (non-hydrogen) atoms. The molecule has 1 rings (SSSR count). The number of nitrogens with two attached hydrogens (primary N) is 1. The van der Waals surface area contributed by atoms with Gasteiger partial charge in [-0.1, -0.05) is 12.0 Å². The fourth-order valence-electron chi connectivity index (χ4n) is 1.32. The lowest BCUT2D eigenvalue weighted by Crippen LogP contribution is -2.33. The summed E-state index contributed by atoms with van der Waals surface area (Å²) in [6.45, 7) is 2.44. The van der Waals surface area contributed by atoms with Crippen LogP contribution in [0.4, 0.5) is 6.01 Å². The third kappa shape index (κ3) is 3.10. The Balaban J connectivity index is 2.68. The highest BCUT2D eigenvalue weighted by Crippen LogP contribution is 2.17. The standard InChI is InChI=1S/C9H18N4OS/c1-4-7(6-15-3)13(2)9-12-11-8(5-10)14-9/h7H,4-6,10H2,1-3H3. The lowest BCUT2D eigenvalue weighted by molar-refractivity contribution is 0.477. The van der Waals surface area contributed by atoms with E-state index in [0.29, 0.717) is 24.5 Å². The normalized spacial score (nSPS) is 12.8. The van der Waals surface area contributed by atoms with E-state index in [2.05, 4.69) is 23.4 Å². The summed E-state index contributed by atoms with van der Waals surface area (Å²) in [5, 5.41) is 7.80. The molecule has 0 fully saturated rings. The Kier molecular flexibility index (Phi) is 4.90. The number of nitrogens with zero attached hydrogens (tertiary/aromatic N) is 3. The fraction of sp³-hybridized carbons (Fsp3) is 0.778. The number of hydrogen-bond donors (Lipinski definition) is 1. The average Bonchev–Trinajstić information content (AvgIpc) is 2.73. The van der Waals surface area contributed by atoms with Gasteiger partial charge in [0.05, 0.1) is 6.54 Å². The van der Waals surface area contributed by atoms with E-state index in [-0.39, 0.29) is 0 Å². The average molecular weight is 230 g/mol. The molecule has 2 N–H and O–H groups in total. The fourth-order valence-corrected chi connectivity index (χ4v) is 2.17. The van der Waals surface area contributed by atoms with Crippen molar-refractivity contribution in [3.63, 3.8) is 0 Å². The maximum Gasteiger partial charge on any atom is 0.318 e. The van der Waals surface area contributed by atoms with Gasteiger partial charge in [0.15, 0.2) is 0 Å². The predicted octanol–water partition coefficient (Wildman–Crippen LogP) is 1.11. The SMILES string of the molecule is CCC(CSC)N(C)c1nnc(CN)o1. The summed E-state index contributed by atoms with van der Waals surface area (Å²) in [4.78, 5) is 2.02. The van der Waals surface area contributed by atoms with Gasteiger partial charge >= 0.3 is 6.01 Å². The van der Waals surface area contributed by atoms with Gasteiger partial charge in [0, 0.05) is 18.8 Å². The van der Waals surface area contributed by atoms with Crippen molar-refractivity contribution in [1.82, 2.24) is 10.2 Å². The van der Waals surface area contributed by atoms with Crippen LogP contribution in [0, 0.1) is 0 Å². The maximum atomic E-state index is 5.41. The second-order valence-corrected chi connectivity index (χ2v) is 4.22. The Labute approximate surface area is 94.4 Å². The van der Waals surface area contributed by atoms with Crippen LogP contribution in [0.5, 0.6) is 0 Å². The smallest absolute Gasteiger partial charge is 0.318 e. The van der Waals surface area contributed by atoms with Crippen LogP contribution in [-0.4, -0.2) is 35.3 Å². The van der Waals surface area contributed by atoms with E-state index in [1.54, 1.807) is 0 Å². The zero-order valence-electron chi connectivity index (χ0n) is 9.43. The monoisotopic (exact) mass is 230 g/mol. The predicted molar refractivity (Wildman–Crippen MR) is 63.1 cm³/mol. The number of rotatable bonds is 6. The molecule has 1 atom stereocenters. The third-order valence-corrected chi connectivity index (χ3v) is 3.03.